The molecule has 0 saturated heterocycles. The van der Waals surface area contributed by atoms with Crippen molar-refractivity contribution in [3.05, 3.63) is 46.6 Å². The number of H-pyrrole nitrogens is 1. The van der Waals surface area contributed by atoms with Crippen molar-refractivity contribution in [1.82, 2.24) is 15.0 Å². The zero-order chi connectivity index (χ0) is 14.3. The highest BCUT2D eigenvalue weighted by Gasteiger charge is 2.20. The molecule has 2 aromatic heterocycles. The second-order valence-corrected chi connectivity index (χ2v) is 6.82. The first kappa shape index (κ1) is 13.3. The molecule has 0 atom stereocenters. The lowest BCUT2D eigenvalue weighted by Gasteiger charge is -2.21. The van der Waals surface area contributed by atoms with Gasteiger partial charge in [-0.3, -0.25) is 0 Å². The van der Waals surface area contributed by atoms with Gasteiger partial charge in [0.15, 0.2) is 5.65 Å². The molecule has 3 nitrogen and oxygen atoms in total. The fraction of sp³-hybridized carbons (Fsp3) is 0.250. The molecule has 20 heavy (non-hydrogen) atoms. The van der Waals surface area contributed by atoms with E-state index in [0.717, 1.165) is 27.0 Å². The van der Waals surface area contributed by atoms with Crippen LogP contribution in [0.2, 0.25) is 0 Å². The number of aromatic amines is 1. The molecule has 0 aliphatic rings. The van der Waals surface area contributed by atoms with E-state index in [-0.39, 0.29) is 5.41 Å². The molecule has 0 amide bonds. The Labute approximate surface area is 126 Å². The van der Waals surface area contributed by atoms with Crippen LogP contribution in [0, 0.1) is 0 Å². The summed E-state index contributed by atoms with van der Waals surface area (Å²) in [6.45, 7) is 6.63. The normalized spacial score (nSPS) is 12.0. The van der Waals surface area contributed by atoms with E-state index in [2.05, 4.69) is 69.9 Å². The van der Waals surface area contributed by atoms with Gasteiger partial charge in [-0.25, -0.2) is 9.97 Å². The number of nitrogens with one attached hydrogen (secondary N) is 1. The molecule has 0 bridgehead atoms. The Kier molecular flexibility index (Phi) is 3.13. The van der Waals surface area contributed by atoms with E-state index in [1.54, 1.807) is 6.20 Å². The molecule has 1 aromatic carbocycles. The second kappa shape index (κ2) is 4.70. The molecule has 0 spiro atoms. The van der Waals surface area contributed by atoms with Crippen LogP contribution in [0.4, 0.5) is 0 Å². The van der Waals surface area contributed by atoms with Gasteiger partial charge < -0.3 is 4.98 Å². The van der Waals surface area contributed by atoms with Crippen LogP contribution < -0.4 is 0 Å². The third-order valence-electron chi connectivity index (χ3n) is 3.29. The van der Waals surface area contributed by atoms with Crippen LogP contribution in [-0.2, 0) is 5.41 Å². The SMILES string of the molecule is CC(C)(C)c1ccccc1-c1nc2ncc(Br)cc2[nH]1. The van der Waals surface area contributed by atoms with Crippen LogP contribution >= 0.6 is 15.9 Å². The number of hydrogen-bond donors (Lipinski definition) is 1. The highest BCUT2D eigenvalue weighted by atomic mass is 79.9. The maximum Gasteiger partial charge on any atom is 0.178 e. The van der Waals surface area contributed by atoms with E-state index < -0.39 is 0 Å². The molecular weight excluding hydrogens is 314 g/mol. The molecule has 102 valence electrons. The first-order valence-electron chi connectivity index (χ1n) is 6.56. The summed E-state index contributed by atoms with van der Waals surface area (Å²) in [4.78, 5) is 12.3. The Morgan fingerprint density at radius 2 is 1.90 bits per heavy atom. The summed E-state index contributed by atoms with van der Waals surface area (Å²) in [5.41, 5.74) is 4.17. The zero-order valence-electron chi connectivity index (χ0n) is 11.7. The van der Waals surface area contributed by atoms with Gasteiger partial charge in [0.1, 0.15) is 5.82 Å². The third kappa shape index (κ3) is 2.36. The van der Waals surface area contributed by atoms with Gasteiger partial charge in [0, 0.05) is 16.2 Å². The van der Waals surface area contributed by atoms with Crippen LogP contribution in [0.1, 0.15) is 26.3 Å². The Balaban J connectivity index is 2.21. The summed E-state index contributed by atoms with van der Waals surface area (Å²) in [5.74, 6) is 0.871. The lowest BCUT2D eigenvalue weighted by molar-refractivity contribution is 0.591. The minimum atomic E-state index is 0.0730. The van der Waals surface area contributed by atoms with E-state index >= 15 is 0 Å². The van der Waals surface area contributed by atoms with Crippen LogP contribution in [0.5, 0.6) is 0 Å². The fourth-order valence-corrected chi connectivity index (χ4v) is 2.68. The molecule has 2 heterocycles. The van der Waals surface area contributed by atoms with Crippen LogP contribution in [0.15, 0.2) is 41.0 Å². The number of benzene rings is 1. The van der Waals surface area contributed by atoms with Crippen LogP contribution in [-0.4, -0.2) is 15.0 Å². The Hall–Kier alpha value is -1.68. The van der Waals surface area contributed by atoms with Gasteiger partial charge in [0.2, 0.25) is 0 Å². The predicted molar refractivity (Wildman–Crippen MR) is 85.7 cm³/mol. The summed E-state index contributed by atoms with van der Waals surface area (Å²) >= 11 is 3.43. The van der Waals surface area contributed by atoms with E-state index in [1.165, 1.54) is 5.56 Å². The maximum absolute atomic E-state index is 4.61. The number of pyridine rings is 1. The second-order valence-electron chi connectivity index (χ2n) is 5.91. The van der Waals surface area contributed by atoms with Gasteiger partial charge >= 0.3 is 0 Å². The first-order chi connectivity index (χ1) is 9.45. The topological polar surface area (TPSA) is 41.6 Å². The predicted octanol–water partition coefficient (Wildman–Crippen LogP) is 4.68. The molecule has 0 fully saturated rings. The molecular formula is C16H16BrN3. The number of imidazole rings is 1. The van der Waals surface area contributed by atoms with Gasteiger partial charge in [0.25, 0.3) is 0 Å². The van der Waals surface area contributed by atoms with Crippen molar-refractivity contribution in [3.63, 3.8) is 0 Å². The molecule has 3 rings (SSSR count). The maximum atomic E-state index is 4.61. The van der Waals surface area contributed by atoms with Crippen LogP contribution in [0.25, 0.3) is 22.6 Å². The van der Waals surface area contributed by atoms with Crippen molar-refractivity contribution in [2.45, 2.75) is 26.2 Å². The van der Waals surface area contributed by atoms with Crippen molar-refractivity contribution in [2.75, 3.05) is 0 Å². The minimum absolute atomic E-state index is 0.0730. The monoisotopic (exact) mass is 329 g/mol. The lowest BCUT2D eigenvalue weighted by Crippen LogP contribution is -2.12. The van der Waals surface area contributed by atoms with Gasteiger partial charge in [-0.15, -0.1) is 0 Å². The highest BCUT2D eigenvalue weighted by Crippen LogP contribution is 2.32. The molecule has 3 aromatic rings. The van der Waals surface area contributed by atoms with E-state index in [4.69, 9.17) is 0 Å². The lowest BCUT2D eigenvalue weighted by atomic mass is 9.83. The largest absolute Gasteiger partial charge is 0.337 e. The third-order valence-corrected chi connectivity index (χ3v) is 3.73. The molecule has 4 heteroatoms. The number of fused-ring (bicyclic) bond motifs is 1. The standard InChI is InChI=1S/C16H16BrN3/c1-16(2,3)12-7-5-4-6-11(12)14-19-13-8-10(17)9-18-15(13)20-14/h4-9H,1-3H3,(H,18,19,20). The van der Waals surface area contributed by atoms with Crippen LogP contribution in [0.3, 0.4) is 0 Å². The van der Waals surface area contributed by atoms with Gasteiger partial charge in [0.05, 0.1) is 5.52 Å². The van der Waals surface area contributed by atoms with Crippen molar-refractivity contribution in [3.8, 4) is 11.4 Å². The minimum Gasteiger partial charge on any atom is -0.337 e. The average molecular weight is 330 g/mol. The number of halogens is 1. The molecule has 0 aliphatic heterocycles. The Morgan fingerprint density at radius 1 is 1.15 bits per heavy atom. The van der Waals surface area contributed by atoms with Gasteiger partial charge in [-0.2, -0.15) is 0 Å². The van der Waals surface area contributed by atoms with Crippen molar-refractivity contribution in [1.29, 1.82) is 0 Å². The highest BCUT2D eigenvalue weighted by molar-refractivity contribution is 9.10. The summed E-state index contributed by atoms with van der Waals surface area (Å²) in [6.07, 6.45) is 1.77. The Bertz CT molecular complexity index is 769. The average Bonchev–Trinajstić information content (AvgIpc) is 2.80. The van der Waals surface area contributed by atoms with E-state index in [0.29, 0.717) is 0 Å². The molecule has 0 aliphatic carbocycles. The summed E-state index contributed by atoms with van der Waals surface area (Å²) in [7, 11) is 0. The van der Waals surface area contributed by atoms with E-state index in [9.17, 15) is 0 Å². The molecule has 0 radical (unpaired) electrons. The first-order valence-corrected chi connectivity index (χ1v) is 7.35. The molecule has 0 saturated carbocycles. The number of hydrogen-bond acceptors (Lipinski definition) is 2. The summed E-state index contributed by atoms with van der Waals surface area (Å²) < 4.78 is 0.948. The number of rotatable bonds is 1. The van der Waals surface area contributed by atoms with Crippen molar-refractivity contribution in [2.24, 2.45) is 0 Å². The van der Waals surface area contributed by atoms with Gasteiger partial charge in [-0.05, 0) is 33.0 Å². The zero-order valence-corrected chi connectivity index (χ0v) is 13.3. The number of nitrogens with zero attached hydrogens (tertiary/aromatic N) is 2. The summed E-state index contributed by atoms with van der Waals surface area (Å²) in [6, 6.07) is 10.4. The van der Waals surface area contributed by atoms with Gasteiger partial charge in [-0.1, -0.05) is 45.0 Å². The molecule has 0 unspecified atom stereocenters. The smallest absolute Gasteiger partial charge is 0.178 e. The number of aromatic nitrogens is 3. The van der Waals surface area contributed by atoms with Crippen molar-refractivity contribution >= 4 is 27.1 Å². The molecule has 1 N–H and O–H groups in total. The summed E-state index contributed by atoms with van der Waals surface area (Å²) in [5, 5.41) is 0. The Morgan fingerprint density at radius 3 is 2.65 bits per heavy atom. The quantitative estimate of drug-likeness (QED) is 0.703. The fourth-order valence-electron chi connectivity index (χ4n) is 2.35. The van der Waals surface area contributed by atoms with E-state index in [1.807, 2.05) is 12.1 Å². The van der Waals surface area contributed by atoms with Crippen molar-refractivity contribution < 1.29 is 0 Å².